The molecule has 0 aliphatic rings. The van der Waals surface area contributed by atoms with Gasteiger partial charge in [0.25, 0.3) is 0 Å². The normalized spacial score (nSPS) is 11.4. The number of hydrogen-bond acceptors (Lipinski definition) is 3. The summed E-state index contributed by atoms with van der Waals surface area (Å²) in [6.45, 7) is -0.685. The third-order valence-electron chi connectivity index (χ3n) is 4.14. The van der Waals surface area contributed by atoms with Crippen molar-refractivity contribution in [2.45, 2.75) is 11.4 Å². The molecule has 5 nitrogen and oxygen atoms in total. The van der Waals surface area contributed by atoms with E-state index in [2.05, 4.69) is 5.32 Å². The molecule has 3 rings (SSSR count). The minimum absolute atomic E-state index is 0.182. The first-order chi connectivity index (χ1) is 13.9. The van der Waals surface area contributed by atoms with Crippen LogP contribution in [-0.2, 0) is 21.4 Å². The van der Waals surface area contributed by atoms with Gasteiger partial charge in [-0.25, -0.2) is 12.8 Å². The molecule has 150 valence electrons. The monoisotopic (exact) mass is 432 g/mol. The molecule has 0 aromatic heterocycles. The number of rotatable bonds is 7. The lowest BCUT2D eigenvalue weighted by Crippen LogP contribution is -2.38. The topological polar surface area (TPSA) is 66.5 Å². The zero-order chi connectivity index (χ0) is 20.9. The molecular formula is C21H18ClFN2O3S. The molecule has 3 aromatic rings. The Morgan fingerprint density at radius 2 is 1.55 bits per heavy atom. The van der Waals surface area contributed by atoms with E-state index in [0.717, 1.165) is 10.4 Å². The van der Waals surface area contributed by atoms with Gasteiger partial charge in [0.05, 0.1) is 6.54 Å². The summed E-state index contributed by atoms with van der Waals surface area (Å²) < 4.78 is 41.4. The molecule has 0 spiro atoms. The number of hydrogen-bond donors (Lipinski definition) is 1. The molecule has 3 aromatic carbocycles. The molecule has 8 heteroatoms. The number of anilines is 1. The van der Waals surface area contributed by atoms with Gasteiger partial charge in [-0.15, -0.1) is 0 Å². The second-order valence-electron chi connectivity index (χ2n) is 6.21. The number of halogens is 2. The van der Waals surface area contributed by atoms with Gasteiger partial charge < -0.3 is 5.32 Å². The number of nitrogens with zero attached hydrogens (tertiary/aromatic N) is 1. The van der Waals surface area contributed by atoms with E-state index < -0.39 is 33.2 Å². The first-order valence-corrected chi connectivity index (χ1v) is 10.5. The van der Waals surface area contributed by atoms with Crippen LogP contribution in [0.25, 0.3) is 0 Å². The molecule has 0 fully saturated rings. The number of carbonyl (C=O) groups excluding carboxylic acids is 1. The Labute approximate surface area is 173 Å². The summed E-state index contributed by atoms with van der Waals surface area (Å²) >= 11 is 6.17. The Kier molecular flexibility index (Phi) is 6.64. The van der Waals surface area contributed by atoms with Gasteiger partial charge >= 0.3 is 0 Å². The minimum atomic E-state index is -4.30. The van der Waals surface area contributed by atoms with Crippen LogP contribution in [0, 0.1) is 5.82 Å². The number of amides is 1. The van der Waals surface area contributed by atoms with Gasteiger partial charge in [-0.05, 0) is 35.9 Å². The van der Waals surface area contributed by atoms with E-state index in [9.17, 15) is 17.6 Å². The number of para-hydroxylation sites is 1. The number of nitrogens with one attached hydrogen (secondary N) is 1. The van der Waals surface area contributed by atoms with Crippen LogP contribution in [0.5, 0.6) is 0 Å². The molecule has 0 aliphatic carbocycles. The van der Waals surface area contributed by atoms with Crippen LogP contribution < -0.4 is 5.32 Å². The molecule has 0 radical (unpaired) electrons. The van der Waals surface area contributed by atoms with Crippen LogP contribution in [-0.4, -0.2) is 25.2 Å². The van der Waals surface area contributed by atoms with Gasteiger partial charge in [-0.3, -0.25) is 4.79 Å². The van der Waals surface area contributed by atoms with Crippen molar-refractivity contribution in [1.29, 1.82) is 0 Å². The molecule has 0 bridgehead atoms. The van der Waals surface area contributed by atoms with E-state index in [-0.39, 0.29) is 6.54 Å². The molecule has 29 heavy (non-hydrogen) atoms. The standard InChI is InChI=1S/C21H18ClFN2O3S/c22-18-11-5-4-8-16(18)14-25(15-21(26)24-17-9-2-1-3-10-17)29(27,28)20-13-7-6-12-19(20)23/h1-13H,14-15H2,(H,24,26). The first kappa shape index (κ1) is 21.0. The van der Waals surface area contributed by atoms with Crippen LogP contribution in [0.1, 0.15) is 5.56 Å². The van der Waals surface area contributed by atoms with Crippen molar-refractivity contribution in [2.24, 2.45) is 0 Å². The molecule has 0 heterocycles. The molecule has 0 aliphatic heterocycles. The van der Waals surface area contributed by atoms with Crippen molar-refractivity contribution >= 4 is 33.2 Å². The molecule has 0 saturated heterocycles. The highest BCUT2D eigenvalue weighted by Gasteiger charge is 2.29. The summed E-state index contributed by atoms with van der Waals surface area (Å²) in [7, 11) is -4.30. The van der Waals surface area contributed by atoms with Crippen molar-refractivity contribution in [3.63, 3.8) is 0 Å². The SMILES string of the molecule is O=C(CN(Cc1ccccc1Cl)S(=O)(=O)c1ccccc1F)Nc1ccccc1. The largest absolute Gasteiger partial charge is 0.325 e. The molecule has 0 atom stereocenters. The highest BCUT2D eigenvalue weighted by Crippen LogP contribution is 2.24. The zero-order valence-corrected chi connectivity index (χ0v) is 16.8. The Morgan fingerprint density at radius 1 is 0.931 bits per heavy atom. The maximum Gasteiger partial charge on any atom is 0.246 e. The summed E-state index contributed by atoms with van der Waals surface area (Å²) in [5.74, 6) is -1.44. The highest BCUT2D eigenvalue weighted by molar-refractivity contribution is 7.89. The fraction of sp³-hybridized carbons (Fsp3) is 0.0952. The third kappa shape index (κ3) is 5.20. The van der Waals surface area contributed by atoms with Crippen molar-refractivity contribution in [1.82, 2.24) is 4.31 Å². The Morgan fingerprint density at radius 3 is 2.24 bits per heavy atom. The number of carbonyl (C=O) groups is 1. The molecule has 1 amide bonds. The second-order valence-corrected chi connectivity index (χ2v) is 8.52. The molecular weight excluding hydrogens is 415 g/mol. The summed E-state index contributed by atoms with van der Waals surface area (Å²) in [5, 5.41) is 2.99. The van der Waals surface area contributed by atoms with E-state index in [1.807, 2.05) is 0 Å². The fourth-order valence-electron chi connectivity index (χ4n) is 2.72. The smallest absolute Gasteiger partial charge is 0.246 e. The molecule has 0 saturated carbocycles. The predicted octanol–water partition coefficient (Wildman–Crippen LogP) is 4.31. The van der Waals surface area contributed by atoms with Gasteiger partial charge in [-0.2, -0.15) is 4.31 Å². The summed E-state index contributed by atoms with van der Waals surface area (Å²) in [6, 6.07) is 20.4. The lowest BCUT2D eigenvalue weighted by molar-refractivity contribution is -0.116. The van der Waals surface area contributed by atoms with Crippen LogP contribution in [0.2, 0.25) is 5.02 Å². The third-order valence-corrected chi connectivity index (χ3v) is 6.33. The van der Waals surface area contributed by atoms with Crippen molar-refractivity contribution < 1.29 is 17.6 Å². The van der Waals surface area contributed by atoms with E-state index in [4.69, 9.17) is 11.6 Å². The quantitative estimate of drug-likeness (QED) is 0.605. The maximum absolute atomic E-state index is 14.2. The lowest BCUT2D eigenvalue weighted by atomic mass is 10.2. The Bertz CT molecular complexity index is 1110. The Balaban J connectivity index is 1.92. The summed E-state index contributed by atoms with van der Waals surface area (Å²) in [4.78, 5) is 12.0. The van der Waals surface area contributed by atoms with Crippen LogP contribution in [0.3, 0.4) is 0 Å². The fourth-order valence-corrected chi connectivity index (χ4v) is 4.35. The van der Waals surface area contributed by atoms with E-state index >= 15 is 0 Å². The predicted molar refractivity (Wildman–Crippen MR) is 111 cm³/mol. The van der Waals surface area contributed by atoms with Gasteiger partial charge in [0, 0.05) is 17.3 Å². The number of benzene rings is 3. The Hall–Kier alpha value is -2.74. The molecule has 0 unspecified atom stereocenters. The minimum Gasteiger partial charge on any atom is -0.325 e. The van der Waals surface area contributed by atoms with Crippen LogP contribution >= 0.6 is 11.6 Å². The first-order valence-electron chi connectivity index (χ1n) is 8.71. The van der Waals surface area contributed by atoms with Crippen LogP contribution in [0.15, 0.2) is 83.8 Å². The van der Waals surface area contributed by atoms with E-state index in [1.165, 1.54) is 18.2 Å². The lowest BCUT2D eigenvalue weighted by Gasteiger charge is -2.22. The van der Waals surface area contributed by atoms with Crippen molar-refractivity contribution in [3.8, 4) is 0 Å². The maximum atomic E-state index is 14.2. The average molecular weight is 433 g/mol. The van der Waals surface area contributed by atoms with Gasteiger partial charge in [0.15, 0.2) is 0 Å². The van der Waals surface area contributed by atoms with Gasteiger partial charge in [0.2, 0.25) is 15.9 Å². The second kappa shape index (κ2) is 9.17. The van der Waals surface area contributed by atoms with E-state index in [1.54, 1.807) is 54.6 Å². The van der Waals surface area contributed by atoms with Crippen LogP contribution in [0.4, 0.5) is 10.1 Å². The van der Waals surface area contributed by atoms with Gasteiger partial charge in [0.1, 0.15) is 10.7 Å². The average Bonchev–Trinajstić information content (AvgIpc) is 2.70. The number of sulfonamides is 1. The van der Waals surface area contributed by atoms with Crippen molar-refractivity contribution in [2.75, 3.05) is 11.9 Å². The van der Waals surface area contributed by atoms with Gasteiger partial charge in [-0.1, -0.05) is 60.1 Å². The highest BCUT2D eigenvalue weighted by atomic mass is 35.5. The molecule has 1 N–H and O–H groups in total. The summed E-state index contributed by atoms with van der Waals surface area (Å²) in [6.07, 6.45) is 0. The summed E-state index contributed by atoms with van der Waals surface area (Å²) in [5.41, 5.74) is 1.03. The van der Waals surface area contributed by atoms with E-state index in [0.29, 0.717) is 16.3 Å². The zero-order valence-electron chi connectivity index (χ0n) is 15.3. The van der Waals surface area contributed by atoms with Crippen molar-refractivity contribution in [3.05, 3.63) is 95.3 Å².